The smallest absolute Gasteiger partial charge is 0.262 e. The van der Waals surface area contributed by atoms with Gasteiger partial charge in [0.2, 0.25) is 10.0 Å². The van der Waals surface area contributed by atoms with Crippen LogP contribution in [0.15, 0.2) is 47.4 Å². The van der Waals surface area contributed by atoms with Crippen molar-refractivity contribution in [1.82, 2.24) is 0 Å². The predicted molar refractivity (Wildman–Crippen MR) is 105 cm³/mol. The predicted octanol–water partition coefficient (Wildman–Crippen LogP) is 3.72. The molecule has 148 valence electrons. The van der Waals surface area contributed by atoms with Crippen LogP contribution in [-0.4, -0.2) is 22.6 Å². The summed E-state index contributed by atoms with van der Waals surface area (Å²) in [5, 5.41) is 0. The van der Waals surface area contributed by atoms with Gasteiger partial charge in [0.05, 0.1) is 16.3 Å². The summed E-state index contributed by atoms with van der Waals surface area (Å²) in [6.45, 7) is 5.41. The van der Waals surface area contributed by atoms with Gasteiger partial charge in [0.1, 0.15) is 5.82 Å². The fourth-order valence-electron chi connectivity index (χ4n) is 2.32. The number of sulfonamides is 2. The Bertz CT molecular complexity index is 1020. The van der Waals surface area contributed by atoms with Crippen molar-refractivity contribution in [1.29, 1.82) is 0 Å². The third-order valence-corrected chi connectivity index (χ3v) is 6.66. The number of anilines is 2. The third-order valence-electron chi connectivity index (χ3n) is 3.83. The van der Waals surface area contributed by atoms with Crippen molar-refractivity contribution < 1.29 is 21.2 Å². The summed E-state index contributed by atoms with van der Waals surface area (Å²) in [6, 6.07) is 9.62. The highest BCUT2D eigenvalue weighted by atomic mass is 32.2. The molecule has 6 nitrogen and oxygen atoms in total. The molecule has 0 aliphatic carbocycles. The molecule has 0 aromatic heterocycles. The minimum absolute atomic E-state index is 0.0614. The van der Waals surface area contributed by atoms with Crippen LogP contribution in [0.3, 0.4) is 0 Å². The molecule has 0 aliphatic rings. The fourth-order valence-corrected chi connectivity index (χ4v) is 5.03. The van der Waals surface area contributed by atoms with E-state index < -0.39 is 25.9 Å². The lowest BCUT2D eigenvalue weighted by molar-refractivity contribution is 0.577. The fraction of sp³-hybridized carbons (Fsp3) is 0.333. The van der Waals surface area contributed by atoms with Crippen LogP contribution in [0.25, 0.3) is 0 Å². The van der Waals surface area contributed by atoms with Crippen LogP contribution in [-0.2, 0) is 20.0 Å². The summed E-state index contributed by atoms with van der Waals surface area (Å²) in [6.07, 6.45) is 0.487. The van der Waals surface area contributed by atoms with Crippen LogP contribution in [0.5, 0.6) is 0 Å². The molecule has 0 saturated heterocycles. The van der Waals surface area contributed by atoms with Gasteiger partial charge in [-0.2, -0.15) is 0 Å². The lowest BCUT2D eigenvalue weighted by Gasteiger charge is -2.14. The van der Waals surface area contributed by atoms with Gasteiger partial charge in [-0.15, -0.1) is 0 Å². The maximum absolute atomic E-state index is 13.8. The van der Waals surface area contributed by atoms with Crippen LogP contribution in [0, 0.1) is 18.7 Å². The van der Waals surface area contributed by atoms with Crippen molar-refractivity contribution in [3.8, 4) is 0 Å². The zero-order valence-electron chi connectivity index (χ0n) is 15.4. The monoisotopic (exact) mass is 414 g/mol. The molecule has 0 heterocycles. The largest absolute Gasteiger partial charge is 0.284 e. The minimum atomic E-state index is -4.10. The van der Waals surface area contributed by atoms with E-state index >= 15 is 0 Å². The summed E-state index contributed by atoms with van der Waals surface area (Å²) in [4.78, 5) is -0.130. The first-order valence-corrected chi connectivity index (χ1v) is 11.5. The first-order valence-electron chi connectivity index (χ1n) is 8.39. The second-order valence-corrected chi connectivity index (χ2v) is 10.2. The summed E-state index contributed by atoms with van der Waals surface area (Å²) in [5.74, 6) is -0.543. The molecule has 0 saturated carbocycles. The first-order chi connectivity index (χ1) is 12.5. The number of aryl methyl sites for hydroxylation is 1. The molecule has 0 aliphatic heterocycles. The summed E-state index contributed by atoms with van der Waals surface area (Å²) in [5.41, 5.74) is 0.363. The zero-order valence-corrected chi connectivity index (χ0v) is 17.0. The standard InChI is InChI=1S/C18H23FN2O4S2/c1-13(2)10-11-26(22,23)20-15-9-8-14(3)18(12-15)27(24,25)21-17-7-5-4-6-16(17)19/h4-9,12-13,20-21H,10-11H2,1-3H3. The number of hydrogen-bond acceptors (Lipinski definition) is 4. The van der Waals surface area contributed by atoms with Gasteiger partial charge in [-0.1, -0.05) is 32.0 Å². The van der Waals surface area contributed by atoms with E-state index in [4.69, 9.17) is 0 Å². The van der Waals surface area contributed by atoms with Gasteiger partial charge in [0.15, 0.2) is 0 Å². The van der Waals surface area contributed by atoms with E-state index in [2.05, 4.69) is 9.44 Å². The third kappa shape index (κ3) is 5.93. The van der Waals surface area contributed by atoms with Crippen molar-refractivity contribution >= 4 is 31.4 Å². The molecule has 2 aromatic carbocycles. The van der Waals surface area contributed by atoms with Gasteiger partial charge < -0.3 is 0 Å². The van der Waals surface area contributed by atoms with Gasteiger partial charge >= 0.3 is 0 Å². The van der Waals surface area contributed by atoms with Gasteiger partial charge in [-0.05, 0) is 49.1 Å². The average molecular weight is 415 g/mol. The molecule has 0 amide bonds. The molecule has 2 aromatic rings. The molecule has 0 fully saturated rings. The van der Waals surface area contributed by atoms with Gasteiger partial charge in [0.25, 0.3) is 10.0 Å². The average Bonchev–Trinajstić information content (AvgIpc) is 2.56. The number of hydrogen-bond donors (Lipinski definition) is 2. The van der Waals surface area contributed by atoms with E-state index in [0.29, 0.717) is 12.0 Å². The van der Waals surface area contributed by atoms with E-state index in [1.165, 1.54) is 36.4 Å². The van der Waals surface area contributed by atoms with Crippen LogP contribution in [0.1, 0.15) is 25.8 Å². The molecule has 2 rings (SSSR count). The Balaban J connectivity index is 2.30. The second kappa shape index (κ2) is 8.26. The molecular formula is C18H23FN2O4S2. The summed E-state index contributed by atoms with van der Waals surface area (Å²) in [7, 11) is -7.69. The van der Waals surface area contributed by atoms with E-state index in [9.17, 15) is 21.2 Å². The van der Waals surface area contributed by atoms with E-state index in [-0.39, 0.29) is 27.9 Å². The summed E-state index contributed by atoms with van der Waals surface area (Å²) >= 11 is 0. The quantitative estimate of drug-likeness (QED) is 0.688. The van der Waals surface area contributed by atoms with E-state index in [0.717, 1.165) is 6.07 Å². The van der Waals surface area contributed by atoms with Crippen LogP contribution in [0.4, 0.5) is 15.8 Å². The Morgan fingerprint density at radius 2 is 1.67 bits per heavy atom. The Morgan fingerprint density at radius 3 is 2.30 bits per heavy atom. The molecule has 27 heavy (non-hydrogen) atoms. The van der Waals surface area contributed by atoms with E-state index in [1.54, 1.807) is 6.92 Å². The zero-order chi connectivity index (χ0) is 20.2. The molecule has 0 atom stereocenters. The molecule has 0 spiro atoms. The van der Waals surface area contributed by atoms with Crippen molar-refractivity contribution in [3.05, 3.63) is 53.8 Å². The SMILES string of the molecule is Cc1ccc(NS(=O)(=O)CCC(C)C)cc1S(=O)(=O)Nc1ccccc1F. The van der Waals surface area contributed by atoms with Gasteiger partial charge in [0, 0.05) is 5.69 Å². The Morgan fingerprint density at radius 1 is 1.00 bits per heavy atom. The number of halogens is 1. The number of rotatable bonds is 8. The highest BCUT2D eigenvalue weighted by Crippen LogP contribution is 2.24. The minimum Gasteiger partial charge on any atom is -0.284 e. The topological polar surface area (TPSA) is 92.3 Å². The normalized spacial score (nSPS) is 12.2. The lowest BCUT2D eigenvalue weighted by Crippen LogP contribution is -2.19. The van der Waals surface area contributed by atoms with Gasteiger partial charge in [-0.3, -0.25) is 9.44 Å². The maximum atomic E-state index is 13.8. The summed E-state index contributed by atoms with van der Waals surface area (Å²) < 4.78 is 68.0. The van der Waals surface area contributed by atoms with Crippen LogP contribution < -0.4 is 9.44 Å². The number of nitrogens with one attached hydrogen (secondary N) is 2. The molecule has 0 radical (unpaired) electrons. The maximum Gasteiger partial charge on any atom is 0.262 e. The lowest BCUT2D eigenvalue weighted by atomic mass is 10.2. The van der Waals surface area contributed by atoms with E-state index in [1.807, 2.05) is 13.8 Å². The molecule has 0 unspecified atom stereocenters. The van der Waals surface area contributed by atoms with Gasteiger partial charge in [-0.25, -0.2) is 21.2 Å². The molecule has 2 N–H and O–H groups in total. The number of para-hydroxylation sites is 1. The Hall–Kier alpha value is -2.13. The number of benzene rings is 2. The Kier molecular flexibility index (Phi) is 6.48. The highest BCUT2D eigenvalue weighted by Gasteiger charge is 2.20. The van der Waals surface area contributed by atoms with Crippen molar-refractivity contribution in [3.63, 3.8) is 0 Å². The van der Waals surface area contributed by atoms with Crippen molar-refractivity contribution in [2.45, 2.75) is 32.1 Å². The second-order valence-electron chi connectivity index (χ2n) is 6.67. The van der Waals surface area contributed by atoms with Crippen molar-refractivity contribution in [2.75, 3.05) is 15.2 Å². The Labute approximate surface area is 159 Å². The molecule has 9 heteroatoms. The molecular weight excluding hydrogens is 391 g/mol. The van der Waals surface area contributed by atoms with Crippen LogP contribution >= 0.6 is 0 Å². The highest BCUT2D eigenvalue weighted by molar-refractivity contribution is 7.93. The van der Waals surface area contributed by atoms with Crippen molar-refractivity contribution in [2.24, 2.45) is 5.92 Å². The first kappa shape index (κ1) is 21.2. The van der Waals surface area contributed by atoms with Crippen LogP contribution in [0.2, 0.25) is 0 Å². The molecule has 0 bridgehead atoms.